The molecule has 0 amide bonds. The van der Waals surface area contributed by atoms with Gasteiger partial charge >= 0.3 is 11.9 Å². The van der Waals surface area contributed by atoms with E-state index in [1.165, 1.54) is 19.3 Å². The van der Waals surface area contributed by atoms with E-state index in [2.05, 4.69) is 12.1 Å². The van der Waals surface area contributed by atoms with E-state index in [9.17, 15) is 14.7 Å². The zero-order valence-electron chi connectivity index (χ0n) is 21.9. The number of hydrogen-bond acceptors (Lipinski definition) is 3. The molecule has 0 radical (unpaired) electrons. The van der Waals surface area contributed by atoms with Gasteiger partial charge in [-0.3, -0.25) is 0 Å². The first-order valence-electron chi connectivity index (χ1n) is 14.1. The third-order valence-electron chi connectivity index (χ3n) is 9.51. The van der Waals surface area contributed by atoms with Gasteiger partial charge in [0.15, 0.2) is 0 Å². The van der Waals surface area contributed by atoms with Crippen molar-refractivity contribution in [2.24, 2.45) is 23.2 Å². The molecule has 4 aromatic rings. The number of esters is 1. The summed E-state index contributed by atoms with van der Waals surface area (Å²) in [5.74, 6) is 1.02. The van der Waals surface area contributed by atoms with Crippen molar-refractivity contribution in [3.8, 4) is 11.1 Å². The lowest BCUT2D eigenvalue weighted by Crippen LogP contribution is -2.49. The van der Waals surface area contributed by atoms with E-state index in [0.717, 1.165) is 58.9 Å². The minimum absolute atomic E-state index is 0.0241. The Kier molecular flexibility index (Phi) is 5.80. The molecule has 4 aromatic carbocycles. The fraction of sp³-hybridized carbons (Fsp3) is 0.314. The second kappa shape index (κ2) is 9.37. The molecule has 4 nitrogen and oxygen atoms in total. The molecule has 0 heterocycles. The molecule has 196 valence electrons. The predicted octanol–water partition coefficient (Wildman–Crippen LogP) is 8.32. The molecule has 0 saturated heterocycles. The second-order valence-electron chi connectivity index (χ2n) is 12.1. The van der Waals surface area contributed by atoms with Crippen molar-refractivity contribution in [2.45, 2.75) is 44.6 Å². The highest BCUT2D eigenvalue weighted by Gasteiger charge is 2.55. The molecule has 4 bridgehead atoms. The first-order chi connectivity index (χ1) is 19.0. The topological polar surface area (TPSA) is 63.6 Å². The number of rotatable bonds is 6. The summed E-state index contributed by atoms with van der Waals surface area (Å²) in [5.41, 5.74) is 3.37. The average Bonchev–Trinajstić information content (AvgIpc) is 2.95. The predicted molar refractivity (Wildman–Crippen MR) is 152 cm³/mol. The molecule has 4 aliphatic rings. The Bertz CT molecular complexity index is 1540. The summed E-state index contributed by atoms with van der Waals surface area (Å²) in [4.78, 5) is 25.6. The van der Waals surface area contributed by atoms with Crippen LogP contribution in [-0.2, 0) is 4.74 Å². The van der Waals surface area contributed by atoms with Crippen molar-refractivity contribution in [1.29, 1.82) is 0 Å². The van der Waals surface area contributed by atoms with E-state index in [1.54, 1.807) is 12.1 Å². The largest absolute Gasteiger partial charge is 0.478 e. The van der Waals surface area contributed by atoms with Crippen LogP contribution >= 0.6 is 0 Å². The quantitative estimate of drug-likeness (QED) is 0.262. The van der Waals surface area contributed by atoms with Crippen LogP contribution in [0.4, 0.5) is 0 Å². The lowest BCUT2D eigenvalue weighted by atomic mass is 9.47. The van der Waals surface area contributed by atoms with Gasteiger partial charge in [0.2, 0.25) is 0 Å². The first-order valence-corrected chi connectivity index (χ1v) is 14.1. The summed E-state index contributed by atoms with van der Waals surface area (Å²) >= 11 is 0. The number of carboxylic acid groups (broad SMARTS) is 1. The maximum Gasteiger partial charge on any atom is 0.338 e. The first kappa shape index (κ1) is 24.1. The van der Waals surface area contributed by atoms with Gasteiger partial charge in [0.1, 0.15) is 6.10 Å². The highest BCUT2D eigenvalue weighted by Crippen LogP contribution is 2.64. The van der Waals surface area contributed by atoms with Crippen LogP contribution in [0.3, 0.4) is 0 Å². The fourth-order valence-electron chi connectivity index (χ4n) is 8.31. The summed E-state index contributed by atoms with van der Waals surface area (Å²) in [6.07, 6.45) is 7.22. The highest BCUT2D eigenvalue weighted by molar-refractivity contribution is 5.99. The van der Waals surface area contributed by atoms with E-state index in [0.29, 0.717) is 11.1 Å². The molecule has 0 spiro atoms. The van der Waals surface area contributed by atoms with Crippen LogP contribution in [0.5, 0.6) is 0 Å². The standard InChI is InChI=1S/C35H32O4/c36-33(37)31-9-5-4-8-30(31)27-12-10-25-11-13-28(18-29(25)17-27)34(38)39-32(26-6-2-1-3-7-26)35-19-22-14-23(20-35)16-24(15-22)21-35/h1-13,17-18,22-24,32H,14-16,19-21H2,(H,36,37). The van der Waals surface area contributed by atoms with Crippen molar-refractivity contribution >= 4 is 22.7 Å². The summed E-state index contributed by atoms with van der Waals surface area (Å²) in [5, 5.41) is 11.5. The molecule has 1 unspecified atom stereocenters. The monoisotopic (exact) mass is 516 g/mol. The molecular weight excluding hydrogens is 484 g/mol. The maximum absolute atomic E-state index is 13.8. The van der Waals surface area contributed by atoms with Gasteiger partial charge < -0.3 is 9.84 Å². The zero-order valence-corrected chi connectivity index (χ0v) is 21.9. The van der Waals surface area contributed by atoms with Crippen LogP contribution in [-0.4, -0.2) is 17.0 Å². The van der Waals surface area contributed by atoms with Crippen LogP contribution in [0.15, 0.2) is 91.0 Å². The van der Waals surface area contributed by atoms with E-state index in [1.807, 2.05) is 66.7 Å². The third-order valence-corrected chi connectivity index (χ3v) is 9.51. The Morgan fingerprint density at radius 2 is 1.38 bits per heavy atom. The lowest BCUT2D eigenvalue weighted by Gasteiger charge is -2.58. The molecule has 39 heavy (non-hydrogen) atoms. The van der Waals surface area contributed by atoms with Gasteiger partial charge in [-0.1, -0.05) is 66.7 Å². The fourth-order valence-corrected chi connectivity index (χ4v) is 8.31. The molecule has 4 fully saturated rings. The minimum atomic E-state index is -0.959. The lowest BCUT2D eigenvalue weighted by molar-refractivity contribution is -0.126. The summed E-state index contributed by atoms with van der Waals surface area (Å²) in [6, 6.07) is 28.9. The molecule has 1 atom stereocenters. The second-order valence-corrected chi connectivity index (χ2v) is 12.1. The Hall–Kier alpha value is -3.92. The molecule has 0 aliphatic heterocycles. The molecule has 0 aromatic heterocycles. The van der Waals surface area contributed by atoms with Gasteiger partial charge in [-0.2, -0.15) is 0 Å². The van der Waals surface area contributed by atoms with Gasteiger partial charge in [-0.25, -0.2) is 9.59 Å². The normalized spacial score (nSPS) is 25.9. The van der Waals surface area contributed by atoms with Gasteiger partial charge in [-0.05, 0) is 108 Å². The number of aromatic carboxylic acids is 1. The molecule has 4 saturated carbocycles. The van der Waals surface area contributed by atoms with Crippen LogP contribution in [0.1, 0.15) is 70.9 Å². The average molecular weight is 517 g/mol. The van der Waals surface area contributed by atoms with Crippen LogP contribution in [0, 0.1) is 23.2 Å². The summed E-state index contributed by atoms with van der Waals surface area (Å²) in [7, 11) is 0. The van der Waals surface area contributed by atoms with Crippen molar-refractivity contribution in [3.05, 3.63) is 108 Å². The number of ether oxygens (including phenoxy) is 1. The Morgan fingerprint density at radius 1 is 0.744 bits per heavy atom. The van der Waals surface area contributed by atoms with Gasteiger partial charge in [0.05, 0.1) is 11.1 Å². The Labute approximate surface area is 228 Å². The molecule has 1 N–H and O–H groups in total. The smallest absolute Gasteiger partial charge is 0.338 e. The third kappa shape index (κ3) is 4.32. The molecule has 4 aliphatic carbocycles. The molecule has 4 heteroatoms. The molecular formula is C35H32O4. The maximum atomic E-state index is 13.8. The summed E-state index contributed by atoms with van der Waals surface area (Å²) in [6.45, 7) is 0. The van der Waals surface area contributed by atoms with Crippen LogP contribution in [0.25, 0.3) is 21.9 Å². The number of hydrogen-bond donors (Lipinski definition) is 1. The SMILES string of the molecule is O=C(OC(c1ccccc1)C12CC3CC(CC(C3)C1)C2)c1ccc2ccc(-c3ccccc3C(=O)O)cc2c1. The van der Waals surface area contributed by atoms with Gasteiger partial charge in [-0.15, -0.1) is 0 Å². The van der Waals surface area contributed by atoms with E-state index < -0.39 is 5.97 Å². The minimum Gasteiger partial charge on any atom is -0.478 e. The van der Waals surface area contributed by atoms with Crippen molar-refractivity contribution in [3.63, 3.8) is 0 Å². The Morgan fingerprint density at radius 3 is 2.08 bits per heavy atom. The van der Waals surface area contributed by atoms with Crippen molar-refractivity contribution in [1.82, 2.24) is 0 Å². The van der Waals surface area contributed by atoms with Crippen LogP contribution < -0.4 is 0 Å². The van der Waals surface area contributed by atoms with E-state index in [-0.39, 0.29) is 23.1 Å². The number of carbonyl (C=O) groups is 2. The van der Waals surface area contributed by atoms with Crippen molar-refractivity contribution < 1.29 is 19.4 Å². The van der Waals surface area contributed by atoms with Gasteiger partial charge in [0.25, 0.3) is 0 Å². The van der Waals surface area contributed by atoms with E-state index >= 15 is 0 Å². The number of carbonyl (C=O) groups excluding carboxylic acids is 1. The van der Waals surface area contributed by atoms with Gasteiger partial charge in [0, 0.05) is 5.41 Å². The number of benzene rings is 4. The highest BCUT2D eigenvalue weighted by atomic mass is 16.5. The number of carboxylic acids is 1. The zero-order chi connectivity index (χ0) is 26.6. The Balaban J connectivity index is 1.23. The molecule has 8 rings (SSSR count). The summed E-state index contributed by atoms with van der Waals surface area (Å²) < 4.78 is 6.51. The number of fused-ring (bicyclic) bond motifs is 1. The van der Waals surface area contributed by atoms with E-state index in [4.69, 9.17) is 4.74 Å². The van der Waals surface area contributed by atoms with Crippen LogP contribution in [0.2, 0.25) is 0 Å². The van der Waals surface area contributed by atoms with Crippen molar-refractivity contribution in [2.75, 3.05) is 0 Å².